The Hall–Kier alpha value is -0.830. The standard InChI is InChI=1S/C11H15ClN4S/c12-10-9(6-13)17-11(16-10)15-5-3-8-2-1-4-14-7-8/h8,14H,1-5,7H2,(H,15,16). The smallest absolute Gasteiger partial charge is 0.185 e. The van der Waals surface area contributed by atoms with Crippen LogP contribution in [-0.4, -0.2) is 24.6 Å². The van der Waals surface area contributed by atoms with E-state index in [2.05, 4.69) is 15.6 Å². The van der Waals surface area contributed by atoms with Crippen molar-refractivity contribution in [1.82, 2.24) is 10.3 Å². The number of rotatable bonds is 4. The minimum absolute atomic E-state index is 0.305. The summed E-state index contributed by atoms with van der Waals surface area (Å²) in [7, 11) is 0. The molecule has 1 aliphatic rings. The van der Waals surface area contributed by atoms with Gasteiger partial charge in [0.1, 0.15) is 10.9 Å². The first-order valence-electron chi connectivity index (χ1n) is 5.80. The van der Waals surface area contributed by atoms with Gasteiger partial charge in [0.15, 0.2) is 10.3 Å². The van der Waals surface area contributed by atoms with Gasteiger partial charge in [-0.2, -0.15) is 5.26 Å². The van der Waals surface area contributed by atoms with Gasteiger partial charge in [-0.05, 0) is 38.3 Å². The van der Waals surface area contributed by atoms with Crippen LogP contribution in [0, 0.1) is 17.2 Å². The second-order valence-electron chi connectivity index (χ2n) is 4.18. The largest absolute Gasteiger partial charge is 0.361 e. The topological polar surface area (TPSA) is 60.7 Å². The van der Waals surface area contributed by atoms with Crippen molar-refractivity contribution in [2.45, 2.75) is 19.3 Å². The minimum Gasteiger partial charge on any atom is -0.361 e. The number of halogens is 1. The van der Waals surface area contributed by atoms with Crippen molar-refractivity contribution in [3.05, 3.63) is 10.0 Å². The van der Waals surface area contributed by atoms with E-state index < -0.39 is 0 Å². The number of thiazole rings is 1. The minimum atomic E-state index is 0.305. The average molecular weight is 271 g/mol. The predicted octanol–water partition coefficient (Wildman–Crippen LogP) is 2.47. The van der Waals surface area contributed by atoms with Gasteiger partial charge in [-0.1, -0.05) is 22.9 Å². The summed E-state index contributed by atoms with van der Waals surface area (Å²) in [5.41, 5.74) is 0. The fraction of sp³-hybridized carbons (Fsp3) is 0.636. The SMILES string of the molecule is N#Cc1sc(NCCC2CCCNC2)nc1Cl. The van der Waals surface area contributed by atoms with Gasteiger partial charge < -0.3 is 10.6 Å². The van der Waals surface area contributed by atoms with Crippen LogP contribution in [0.15, 0.2) is 0 Å². The van der Waals surface area contributed by atoms with E-state index in [1.54, 1.807) is 0 Å². The van der Waals surface area contributed by atoms with Crippen LogP contribution in [0.3, 0.4) is 0 Å². The van der Waals surface area contributed by atoms with E-state index in [4.69, 9.17) is 16.9 Å². The molecule has 1 fully saturated rings. The van der Waals surface area contributed by atoms with E-state index in [0.29, 0.717) is 10.0 Å². The van der Waals surface area contributed by atoms with Gasteiger partial charge in [-0.3, -0.25) is 0 Å². The van der Waals surface area contributed by atoms with E-state index in [1.807, 2.05) is 6.07 Å². The number of anilines is 1. The molecule has 1 saturated heterocycles. The highest BCUT2D eigenvalue weighted by molar-refractivity contribution is 7.16. The van der Waals surface area contributed by atoms with Gasteiger partial charge in [0.2, 0.25) is 0 Å². The van der Waals surface area contributed by atoms with Crippen LogP contribution >= 0.6 is 22.9 Å². The summed E-state index contributed by atoms with van der Waals surface area (Å²) >= 11 is 7.11. The molecule has 2 heterocycles. The highest BCUT2D eigenvalue weighted by Gasteiger charge is 2.13. The molecule has 1 aromatic heterocycles. The molecule has 1 atom stereocenters. The van der Waals surface area contributed by atoms with Crippen molar-refractivity contribution >= 4 is 28.1 Å². The zero-order chi connectivity index (χ0) is 12.1. The molecule has 0 radical (unpaired) electrons. The number of nitrogens with zero attached hydrogens (tertiary/aromatic N) is 2. The molecule has 1 aliphatic heterocycles. The zero-order valence-electron chi connectivity index (χ0n) is 9.50. The van der Waals surface area contributed by atoms with Crippen molar-refractivity contribution in [1.29, 1.82) is 5.26 Å². The fourth-order valence-electron chi connectivity index (χ4n) is 2.00. The number of hydrogen-bond donors (Lipinski definition) is 2. The van der Waals surface area contributed by atoms with Crippen LogP contribution in [-0.2, 0) is 0 Å². The molecule has 2 N–H and O–H groups in total. The Kier molecular flexibility index (Phi) is 4.60. The Morgan fingerprint density at radius 3 is 3.18 bits per heavy atom. The Morgan fingerprint density at radius 2 is 2.53 bits per heavy atom. The normalized spacial score (nSPS) is 19.9. The summed E-state index contributed by atoms with van der Waals surface area (Å²) in [5.74, 6) is 0.752. The Bertz CT molecular complexity index is 406. The molecule has 92 valence electrons. The van der Waals surface area contributed by atoms with E-state index in [0.717, 1.165) is 37.1 Å². The first-order valence-corrected chi connectivity index (χ1v) is 7.00. The number of piperidine rings is 1. The van der Waals surface area contributed by atoms with Crippen LogP contribution in [0.2, 0.25) is 5.15 Å². The number of aromatic nitrogens is 1. The lowest BCUT2D eigenvalue weighted by Gasteiger charge is -2.22. The van der Waals surface area contributed by atoms with Crippen LogP contribution in [0.4, 0.5) is 5.13 Å². The van der Waals surface area contributed by atoms with Crippen LogP contribution in [0.5, 0.6) is 0 Å². The van der Waals surface area contributed by atoms with Gasteiger partial charge in [0, 0.05) is 6.54 Å². The molecule has 0 bridgehead atoms. The molecule has 0 saturated carbocycles. The quantitative estimate of drug-likeness (QED) is 0.882. The van der Waals surface area contributed by atoms with Crippen molar-refractivity contribution in [2.75, 3.05) is 25.0 Å². The van der Waals surface area contributed by atoms with Crippen molar-refractivity contribution in [3.63, 3.8) is 0 Å². The van der Waals surface area contributed by atoms with Crippen molar-refractivity contribution in [3.8, 4) is 6.07 Å². The van der Waals surface area contributed by atoms with Crippen molar-refractivity contribution < 1.29 is 0 Å². The second kappa shape index (κ2) is 6.20. The monoisotopic (exact) mass is 270 g/mol. The van der Waals surface area contributed by atoms with Crippen LogP contribution in [0.1, 0.15) is 24.1 Å². The van der Waals surface area contributed by atoms with E-state index in [1.165, 1.54) is 24.2 Å². The fourth-order valence-corrected chi connectivity index (χ4v) is 2.97. The maximum absolute atomic E-state index is 8.76. The average Bonchev–Trinajstić information content (AvgIpc) is 2.71. The third kappa shape index (κ3) is 3.56. The van der Waals surface area contributed by atoms with Crippen LogP contribution in [0.25, 0.3) is 0 Å². The van der Waals surface area contributed by atoms with Crippen molar-refractivity contribution in [2.24, 2.45) is 5.92 Å². The maximum atomic E-state index is 8.76. The molecule has 17 heavy (non-hydrogen) atoms. The lowest BCUT2D eigenvalue weighted by molar-refractivity contribution is 0.364. The molecule has 2 rings (SSSR count). The molecular weight excluding hydrogens is 256 g/mol. The molecule has 4 nitrogen and oxygen atoms in total. The van der Waals surface area contributed by atoms with Gasteiger partial charge in [0.25, 0.3) is 0 Å². The van der Waals surface area contributed by atoms with Gasteiger partial charge in [0.05, 0.1) is 0 Å². The summed E-state index contributed by atoms with van der Waals surface area (Å²) in [4.78, 5) is 4.58. The van der Waals surface area contributed by atoms with Gasteiger partial charge >= 0.3 is 0 Å². The lowest BCUT2D eigenvalue weighted by Crippen LogP contribution is -2.30. The molecule has 0 aliphatic carbocycles. The van der Waals surface area contributed by atoms with E-state index >= 15 is 0 Å². The predicted molar refractivity (Wildman–Crippen MR) is 70.5 cm³/mol. The number of hydrogen-bond acceptors (Lipinski definition) is 5. The molecule has 1 aromatic rings. The first kappa shape index (κ1) is 12.6. The molecule has 6 heteroatoms. The molecule has 0 spiro atoms. The maximum Gasteiger partial charge on any atom is 0.185 e. The number of nitriles is 1. The van der Waals surface area contributed by atoms with E-state index in [9.17, 15) is 0 Å². The molecular formula is C11H15ClN4S. The Morgan fingerprint density at radius 1 is 1.65 bits per heavy atom. The highest BCUT2D eigenvalue weighted by Crippen LogP contribution is 2.26. The Balaban J connectivity index is 1.75. The van der Waals surface area contributed by atoms with Crippen LogP contribution < -0.4 is 10.6 Å². The third-order valence-corrected chi connectivity index (χ3v) is 4.22. The van der Waals surface area contributed by atoms with Gasteiger partial charge in [-0.15, -0.1) is 0 Å². The van der Waals surface area contributed by atoms with Gasteiger partial charge in [-0.25, -0.2) is 4.98 Å². The summed E-state index contributed by atoms with van der Waals surface area (Å²) in [6, 6.07) is 2.03. The summed E-state index contributed by atoms with van der Waals surface area (Å²) in [6.07, 6.45) is 3.70. The first-order chi connectivity index (χ1) is 8.29. The second-order valence-corrected chi connectivity index (χ2v) is 5.54. The van der Waals surface area contributed by atoms with E-state index in [-0.39, 0.29) is 0 Å². The highest BCUT2D eigenvalue weighted by atomic mass is 35.5. The summed E-state index contributed by atoms with van der Waals surface area (Å²) in [6.45, 7) is 3.16. The molecule has 0 aromatic carbocycles. The Labute approximate surface area is 110 Å². The number of nitrogens with one attached hydrogen (secondary N) is 2. The molecule has 1 unspecified atom stereocenters. The molecule has 0 amide bonds. The lowest BCUT2D eigenvalue weighted by atomic mass is 9.96. The third-order valence-electron chi connectivity index (χ3n) is 2.92. The zero-order valence-corrected chi connectivity index (χ0v) is 11.1. The summed E-state index contributed by atoms with van der Waals surface area (Å²) in [5, 5.41) is 16.4. The summed E-state index contributed by atoms with van der Waals surface area (Å²) < 4.78 is 0.